The van der Waals surface area contributed by atoms with E-state index in [1.54, 1.807) is 18.2 Å². The van der Waals surface area contributed by atoms with Crippen LogP contribution in [0.1, 0.15) is 22.8 Å². The number of hydrogen-bond donors (Lipinski definition) is 1. The first-order valence-corrected chi connectivity index (χ1v) is 6.83. The minimum Gasteiger partial charge on any atom is -0.508 e. The van der Waals surface area contributed by atoms with E-state index in [-0.39, 0.29) is 11.7 Å². The summed E-state index contributed by atoms with van der Waals surface area (Å²) < 4.78 is 0. The molecule has 1 aromatic rings. The molecule has 1 atom stereocenters. The van der Waals surface area contributed by atoms with Gasteiger partial charge in [0.2, 0.25) is 0 Å². The Morgan fingerprint density at radius 2 is 2.29 bits per heavy atom. The van der Waals surface area contributed by atoms with Crippen molar-refractivity contribution in [3.63, 3.8) is 0 Å². The molecule has 1 aliphatic heterocycles. The Bertz CT molecular complexity index is 433. The molecule has 1 saturated heterocycles. The Kier molecular flexibility index (Phi) is 3.62. The number of carbonyl (C=O) groups excluding carboxylic acids is 1. The summed E-state index contributed by atoms with van der Waals surface area (Å²) in [4.78, 5) is 14.2. The summed E-state index contributed by atoms with van der Waals surface area (Å²) in [5.74, 6) is 1.29. The van der Waals surface area contributed by atoms with Crippen LogP contribution >= 0.6 is 11.8 Å². The van der Waals surface area contributed by atoms with Crippen LogP contribution in [0.3, 0.4) is 0 Å². The Morgan fingerprint density at radius 3 is 2.94 bits per heavy atom. The van der Waals surface area contributed by atoms with Gasteiger partial charge in [0, 0.05) is 29.7 Å². The van der Waals surface area contributed by atoms with Crippen LogP contribution in [-0.4, -0.2) is 40.0 Å². The average Bonchev–Trinajstić information content (AvgIpc) is 2.28. The molecule has 1 N–H and O–H groups in total. The fourth-order valence-corrected chi connectivity index (χ4v) is 3.07. The predicted molar refractivity (Wildman–Crippen MR) is 70.7 cm³/mol. The van der Waals surface area contributed by atoms with Gasteiger partial charge in [0.05, 0.1) is 0 Å². The monoisotopic (exact) mass is 251 g/mol. The molecule has 17 heavy (non-hydrogen) atoms. The number of phenolic OH excluding ortho intramolecular Hbond substituents is 1. The molecule has 1 aliphatic rings. The van der Waals surface area contributed by atoms with Gasteiger partial charge in [-0.1, -0.05) is 6.92 Å². The number of phenols is 1. The largest absolute Gasteiger partial charge is 0.508 e. The number of thioether (sulfide) groups is 1. The quantitative estimate of drug-likeness (QED) is 0.832. The highest BCUT2D eigenvalue weighted by molar-refractivity contribution is 7.99. The van der Waals surface area contributed by atoms with Gasteiger partial charge in [-0.05, 0) is 30.7 Å². The second-order valence-corrected chi connectivity index (χ2v) is 5.98. The molecule has 0 radical (unpaired) electrons. The van der Waals surface area contributed by atoms with Gasteiger partial charge in [-0.3, -0.25) is 4.79 Å². The van der Waals surface area contributed by atoms with E-state index in [1.165, 1.54) is 0 Å². The topological polar surface area (TPSA) is 40.5 Å². The van der Waals surface area contributed by atoms with E-state index in [2.05, 4.69) is 6.92 Å². The molecular weight excluding hydrogens is 234 g/mol. The first-order valence-electron chi connectivity index (χ1n) is 5.78. The van der Waals surface area contributed by atoms with Crippen molar-refractivity contribution < 1.29 is 9.90 Å². The molecule has 0 aromatic heterocycles. The van der Waals surface area contributed by atoms with Crippen molar-refractivity contribution in [2.75, 3.05) is 18.8 Å². The maximum atomic E-state index is 12.3. The third-order valence-electron chi connectivity index (χ3n) is 2.97. The molecule has 0 spiro atoms. The van der Waals surface area contributed by atoms with Gasteiger partial charge in [0.25, 0.3) is 5.91 Å². The van der Waals surface area contributed by atoms with Crippen LogP contribution in [0.15, 0.2) is 18.2 Å². The molecule has 0 bridgehead atoms. The van der Waals surface area contributed by atoms with Crippen LogP contribution in [-0.2, 0) is 0 Å². The molecule has 1 heterocycles. The van der Waals surface area contributed by atoms with Gasteiger partial charge < -0.3 is 10.0 Å². The predicted octanol–water partition coefficient (Wildman–Crippen LogP) is 2.28. The number of nitrogens with zero attached hydrogens (tertiary/aromatic N) is 1. The Morgan fingerprint density at radius 1 is 1.53 bits per heavy atom. The summed E-state index contributed by atoms with van der Waals surface area (Å²) in [5.41, 5.74) is 1.53. The highest BCUT2D eigenvalue weighted by Crippen LogP contribution is 2.22. The van der Waals surface area contributed by atoms with Crippen molar-refractivity contribution in [2.45, 2.75) is 19.1 Å². The molecule has 1 fully saturated rings. The molecule has 2 rings (SSSR count). The highest BCUT2D eigenvalue weighted by atomic mass is 32.2. The first-order chi connectivity index (χ1) is 8.08. The molecule has 0 aliphatic carbocycles. The van der Waals surface area contributed by atoms with Crippen LogP contribution < -0.4 is 0 Å². The molecule has 1 aromatic carbocycles. The lowest BCUT2D eigenvalue weighted by Gasteiger charge is -2.31. The number of amides is 1. The lowest BCUT2D eigenvalue weighted by molar-refractivity contribution is 0.0762. The molecule has 3 nitrogen and oxygen atoms in total. The number of rotatable bonds is 1. The van der Waals surface area contributed by atoms with Crippen LogP contribution in [0, 0.1) is 6.92 Å². The molecule has 4 heteroatoms. The second-order valence-electron chi connectivity index (χ2n) is 4.43. The summed E-state index contributed by atoms with van der Waals surface area (Å²) >= 11 is 1.91. The lowest BCUT2D eigenvalue weighted by atomic mass is 10.1. The number of benzene rings is 1. The maximum absolute atomic E-state index is 12.3. The van der Waals surface area contributed by atoms with Crippen molar-refractivity contribution in [1.29, 1.82) is 0 Å². The van der Waals surface area contributed by atoms with E-state index in [9.17, 15) is 9.90 Å². The third-order valence-corrected chi connectivity index (χ3v) is 4.11. The van der Waals surface area contributed by atoms with Crippen molar-refractivity contribution >= 4 is 17.7 Å². The minimum absolute atomic E-state index is 0.0784. The Balaban J connectivity index is 2.18. The van der Waals surface area contributed by atoms with Gasteiger partial charge >= 0.3 is 0 Å². The lowest BCUT2D eigenvalue weighted by Crippen LogP contribution is -2.41. The fraction of sp³-hybridized carbons (Fsp3) is 0.462. The maximum Gasteiger partial charge on any atom is 0.254 e. The Labute approximate surface area is 106 Å². The van der Waals surface area contributed by atoms with Gasteiger partial charge in [-0.15, -0.1) is 0 Å². The van der Waals surface area contributed by atoms with Gasteiger partial charge in [0.15, 0.2) is 0 Å². The zero-order valence-electron chi connectivity index (χ0n) is 10.1. The average molecular weight is 251 g/mol. The van der Waals surface area contributed by atoms with Crippen molar-refractivity contribution in [1.82, 2.24) is 4.90 Å². The SMILES string of the molecule is Cc1cc(O)ccc1C(=O)N1CCSC(C)C1. The number of carbonyl (C=O) groups is 1. The van der Waals surface area contributed by atoms with E-state index < -0.39 is 0 Å². The summed E-state index contributed by atoms with van der Waals surface area (Å²) in [6, 6.07) is 4.91. The van der Waals surface area contributed by atoms with Crippen molar-refractivity contribution in [2.24, 2.45) is 0 Å². The highest BCUT2D eigenvalue weighted by Gasteiger charge is 2.23. The van der Waals surface area contributed by atoms with Crippen molar-refractivity contribution in [3.05, 3.63) is 29.3 Å². The van der Waals surface area contributed by atoms with E-state index in [1.807, 2.05) is 23.6 Å². The van der Waals surface area contributed by atoms with Gasteiger partial charge in [-0.25, -0.2) is 0 Å². The fourth-order valence-electron chi connectivity index (χ4n) is 2.06. The molecule has 0 saturated carbocycles. The summed E-state index contributed by atoms with van der Waals surface area (Å²) in [6.07, 6.45) is 0. The Hall–Kier alpha value is -1.16. The normalized spacial score (nSPS) is 20.4. The minimum atomic E-state index is 0.0784. The third kappa shape index (κ3) is 2.75. The van der Waals surface area contributed by atoms with Crippen molar-refractivity contribution in [3.8, 4) is 5.75 Å². The first kappa shape index (κ1) is 12.3. The number of hydrogen-bond acceptors (Lipinski definition) is 3. The van der Waals surface area contributed by atoms with Crippen LogP contribution in [0.2, 0.25) is 0 Å². The standard InChI is InChI=1S/C13H17NO2S/c1-9-7-11(15)3-4-12(9)13(16)14-5-6-17-10(2)8-14/h3-4,7,10,15H,5-6,8H2,1-2H3. The summed E-state index contributed by atoms with van der Waals surface area (Å²) in [6.45, 7) is 5.63. The smallest absolute Gasteiger partial charge is 0.254 e. The molecule has 1 unspecified atom stereocenters. The van der Waals surface area contributed by atoms with E-state index >= 15 is 0 Å². The molecule has 92 valence electrons. The summed E-state index contributed by atoms with van der Waals surface area (Å²) in [7, 11) is 0. The van der Waals surface area contributed by atoms with Gasteiger partial charge in [-0.2, -0.15) is 11.8 Å². The molecular formula is C13H17NO2S. The van der Waals surface area contributed by atoms with E-state index in [4.69, 9.17) is 0 Å². The number of aryl methyl sites for hydroxylation is 1. The van der Waals surface area contributed by atoms with E-state index in [0.29, 0.717) is 10.8 Å². The zero-order chi connectivity index (χ0) is 12.4. The number of aromatic hydroxyl groups is 1. The molecule has 1 amide bonds. The van der Waals surface area contributed by atoms with Gasteiger partial charge in [0.1, 0.15) is 5.75 Å². The van der Waals surface area contributed by atoms with E-state index in [0.717, 1.165) is 24.4 Å². The van der Waals surface area contributed by atoms with Crippen LogP contribution in [0.5, 0.6) is 5.75 Å². The summed E-state index contributed by atoms with van der Waals surface area (Å²) in [5, 5.41) is 9.85. The van der Waals surface area contributed by atoms with Crippen LogP contribution in [0.25, 0.3) is 0 Å². The zero-order valence-corrected chi connectivity index (χ0v) is 11.0. The second kappa shape index (κ2) is 5.00. The van der Waals surface area contributed by atoms with Crippen LogP contribution in [0.4, 0.5) is 0 Å².